The van der Waals surface area contributed by atoms with E-state index in [0.29, 0.717) is 17.8 Å². The van der Waals surface area contributed by atoms with Gasteiger partial charge < -0.3 is 5.32 Å². The minimum absolute atomic E-state index is 0.292. The van der Waals surface area contributed by atoms with Crippen LogP contribution in [0.5, 0.6) is 0 Å². The van der Waals surface area contributed by atoms with Crippen molar-refractivity contribution in [1.29, 1.82) is 0 Å². The highest BCUT2D eigenvalue weighted by Crippen LogP contribution is 2.30. The molecule has 0 fully saturated rings. The van der Waals surface area contributed by atoms with Gasteiger partial charge in [-0.05, 0) is 42.8 Å². The SMILES string of the molecule is Cc1ccc(NC(=O)Cc2cc(C(F)(F)F)ccc2F)cc1. The summed E-state index contributed by atoms with van der Waals surface area (Å²) in [6.45, 7) is 1.88. The molecule has 1 N–H and O–H groups in total. The molecule has 0 radical (unpaired) electrons. The standard InChI is InChI=1S/C16H13F4NO/c1-10-2-5-13(6-3-10)21-15(22)9-11-8-12(16(18,19)20)4-7-14(11)17/h2-8H,9H2,1H3,(H,21,22). The van der Waals surface area contributed by atoms with Gasteiger partial charge in [-0.3, -0.25) is 4.79 Å². The van der Waals surface area contributed by atoms with Crippen molar-refractivity contribution in [2.45, 2.75) is 19.5 Å². The fourth-order valence-corrected chi connectivity index (χ4v) is 1.90. The average Bonchev–Trinajstić information content (AvgIpc) is 2.42. The van der Waals surface area contributed by atoms with E-state index < -0.39 is 29.9 Å². The van der Waals surface area contributed by atoms with Crippen LogP contribution in [0.4, 0.5) is 23.2 Å². The van der Waals surface area contributed by atoms with Crippen molar-refractivity contribution in [2.24, 2.45) is 0 Å². The molecule has 0 spiro atoms. The maximum Gasteiger partial charge on any atom is 0.416 e. The number of anilines is 1. The number of alkyl halides is 3. The van der Waals surface area contributed by atoms with Crippen molar-refractivity contribution >= 4 is 11.6 Å². The smallest absolute Gasteiger partial charge is 0.326 e. The highest BCUT2D eigenvalue weighted by atomic mass is 19.4. The zero-order chi connectivity index (χ0) is 16.3. The van der Waals surface area contributed by atoms with Crippen LogP contribution in [0.15, 0.2) is 42.5 Å². The van der Waals surface area contributed by atoms with Gasteiger partial charge in [0.1, 0.15) is 5.82 Å². The minimum Gasteiger partial charge on any atom is -0.326 e. The van der Waals surface area contributed by atoms with Crippen LogP contribution in [0.1, 0.15) is 16.7 Å². The third-order valence-electron chi connectivity index (χ3n) is 3.06. The Balaban J connectivity index is 2.12. The molecule has 2 aromatic rings. The molecule has 0 saturated heterocycles. The van der Waals surface area contributed by atoms with Gasteiger partial charge in [-0.25, -0.2) is 4.39 Å². The van der Waals surface area contributed by atoms with Gasteiger partial charge in [-0.15, -0.1) is 0 Å². The van der Waals surface area contributed by atoms with Gasteiger partial charge in [0.25, 0.3) is 0 Å². The Labute approximate surface area is 124 Å². The third kappa shape index (κ3) is 4.07. The largest absolute Gasteiger partial charge is 0.416 e. The maximum atomic E-state index is 13.6. The number of halogens is 4. The lowest BCUT2D eigenvalue weighted by Crippen LogP contribution is -2.16. The number of aryl methyl sites for hydroxylation is 1. The molecule has 2 aromatic carbocycles. The molecule has 0 aliphatic rings. The van der Waals surface area contributed by atoms with E-state index in [0.717, 1.165) is 11.6 Å². The summed E-state index contributed by atoms with van der Waals surface area (Å²) in [4.78, 5) is 11.8. The van der Waals surface area contributed by atoms with E-state index in [9.17, 15) is 22.4 Å². The number of benzene rings is 2. The summed E-state index contributed by atoms with van der Waals surface area (Å²) in [7, 11) is 0. The quantitative estimate of drug-likeness (QED) is 0.840. The molecule has 2 nitrogen and oxygen atoms in total. The molecular formula is C16H13F4NO. The van der Waals surface area contributed by atoms with Crippen molar-refractivity contribution in [2.75, 3.05) is 5.32 Å². The van der Waals surface area contributed by atoms with Crippen molar-refractivity contribution in [3.63, 3.8) is 0 Å². The normalized spacial score (nSPS) is 11.3. The zero-order valence-corrected chi connectivity index (χ0v) is 11.7. The molecule has 6 heteroatoms. The lowest BCUT2D eigenvalue weighted by molar-refractivity contribution is -0.137. The Morgan fingerprint density at radius 3 is 2.32 bits per heavy atom. The fourth-order valence-electron chi connectivity index (χ4n) is 1.90. The van der Waals surface area contributed by atoms with E-state index >= 15 is 0 Å². The van der Waals surface area contributed by atoms with Crippen LogP contribution in [0.2, 0.25) is 0 Å². The monoisotopic (exact) mass is 311 g/mol. The first-order valence-electron chi connectivity index (χ1n) is 6.48. The van der Waals surface area contributed by atoms with Crippen LogP contribution < -0.4 is 5.32 Å². The third-order valence-corrected chi connectivity index (χ3v) is 3.06. The fraction of sp³-hybridized carbons (Fsp3) is 0.188. The molecule has 0 atom stereocenters. The highest BCUT2D eigenvalue weighted by molar-refractivity contribution is 5.92. The van der Waals surface area contributed by atoms with Crippen LogP contribution in [-0.2, 0) is 17.4 Å². The first kappa shape index (κ1) is 16.0. The van der Waals surface area contributed by atoms with Crippen molar-refractivity contribution < 1.29 is 22.4 Å². The number of hydrogen-bond acceptors (Lipinski definition) is 1. The van der Waals surface area contributed by atoms with E-state index in [1.54, 1.807) is 24.3 Å². The van der Waals surface area contributed by atoms with E-state index in [4.69, 9.17) is 0 Å². The number of carbonyl (C=O) groups excluding carboxylic acids is 1. The minimum atomic E-state index is -4.57. The van der Waals surface area contributed by atoms with Crippen LogP contribution in [0.3, 0.4) is 0 Å². The van der Waals surface area contributed by atoms with Gasteiger partial charge in [0.15, 0.2) is 0 Å². The molecule has 0 heterocycles. The number of amides is 1. The van der Waals surface area contributed by atoms with Crippen LogP contribution in [0, 0.1) is 12.7 Å². The molecule has 0 aliphatic heterocycles. The summed E-state index contributed by atoms with van der Waals surface area (Å²) in [6.07, 6.45) is -5.04. The number of hydrogen-bond donors (Lipinski definition) is 1. The van der Waals surface area contributed by atoms with Crippen LogP contribution >= 0.6 is 0 Å². The van der Waals surface area contributed by atoms with Gasteiger partial charge >= 0.3 is 6.18 Å². The Morgan fingerprint density at radius 1 is 1.09 bits per heavy atom. The molecule has 0 aliphatic carbocycles. The van der Waals surface area contributed by atoms with Crippen molar-refractivity contribution in [3.05, 3.63) is 65.0 Å². The van der Waals surface area contributed by atoms with Crippen LogP contribution in [-0.4, -0.2) is 5.91 Å². The molecule has 22 heavy (non-hydrogen) atoms. The van der Waals surface area contributed by atoms with E-state index in [2.05, 4.69) is 5.32 Å². The first-order valence-corrected chi connectivity index (χ1v) is 6.48. The number of nitrogens with one attached hydrogen (secondary N) is 1. The van der Waals surface area contributed by atoms with Crippen molar-refractivity contribution in [3.8, 4) is 0 Å². The summed E-state index contributed by atoms with van der Waals surface area (Å²) >= 11 is 0. The van der Waals surface area contributed by atoms with Gasteiger partial charge in [0.2, 0.25) is 5.91 Å². The average molecular weight is 311 g/mol. The van der Waals surface area contributed by atoms with Gasteiger partial charge in [0, 0.05) is 5.69 Å². The second kappa shape index (κ2) is 6.17. The van der Waals surface area contributed by atoms with Crippen LogP contribution in [0.25, 0.3) is 0 Å². The lowest BCUT2D eigenvalue weighted by Gasteiger charge is -2.10. The summed E-state index contributed by atoms with van der Waals surface area (Å²) in [5.41, 5.74) is 0.233. The summed E-state index contributed by atoms with van der Waals surface area (Å²) in [5.74, 6) is -1.42. The molecular weight excluding hydrogens is 298 g/mol. The lowest BCUT2D eigenvalue weighted by atomic mass is 10.1. The van der Waals surface area contributed by atoms with Gasteiger partial charge in [0.05, 0.1) is 12.0 Å². The molecule has 2 rings (SSSR count). The molecule has 116 valence electrons. The Hall–Kier alpha value is -2.37. The summed E-state index contributed by atoms with van der Waals surface area (Å²) in [5, 5.41) is 2.52. The number of rotatable bonds is 3. The highest BCUT2D eigenvalue weighted by Gasteiger charge is 2.31. The molecule has 0 bridgehead atoms. The van der Waals surface area contributed by atoms with Crippen molar-refractivity contribution in [1.82, 2.24) is 0 Å². The molecule has 0 aromatic heterocycles. The molecule has 1 amide bonds. The van der Waals surface area contributed by atoms with E-state index in [-0.39, 0.29) is 5.56 Å². The number of carbonyl (C=O) groups is 1. The maximum absolute atomic E-state index is 13.6. The van der Waals surface area contributed by atoms with Gasteiger partial charge in [-0.1, -0.05) is 17.7 Å². The zero-order valence-electron chi connectivity index (χ0n) is 11.7. The first-order chi connectivity index (χ1) is 10.3. The second-order valence-electron chi connectivity index (χ2n) is 4.89. The van der Waals surface area contributed by atoms with E-state index in [1.165, 1.54) is 0 Å². The Bertz CT molecular complexity index is 678. The van der Waals surface area contributed by atoms with E-state index in [1.807, 2.05) is 6.92 Å². The second-order valence-corrected chi connectivity index (χ2v) is 4.89. The predicted octanol–water partition coefficient (Wildman–Crippen LogP) is 4.33. The topological polar surface area (TPSA) is 29.1 Å². The Morgan fingerprint density at radius 2 is 1.73 bits per heavy atom. The molecule has 0 unspecified atom stereocenters. The molecule has 0 saturated carbocycles. The summed E-state index contributed by atoms with van der Waals surface area (Å²) < 4.78 is 51.4. The predicted molar refractivity (Wildman–Crippen MR) is 74.9 cm³/mol. The van der Waals surface area contributed by atoms with Gasteiger partial charge in [-0.2, -0.15) is 13.2 Å². The Kier molecular flexibility index (Phi) is 4.49. The summed E-state index contributed by atoms with van der Waals surface area (Å²) in [6, 6.07) is 8.91.